The van der Waals surface area contributed by atoms with E-state index in [4.69, 9.17) is 0 Å². The average molecular weight is 306 g/mol. The van der Waals surface area contributed by atoms with E-state index < -0.39 is 17.8 Å². The van der Waals surface area contributed by atoms with Crippen molar-refractivity contribution in [2.75, 3.05) is 10.6 Å². The van der Waals surface area contributed by atoms with E-state index in [2.05, 4.69) is 10.6 Å². The summed E-state index contributed by atoms with van der Waals surface area (Å²) in [6, 6.07) is 12.2. The fourth-order valence-corrected chi connectivity index (χ4v) is 2.42. The molecule has 0 spiro atoms. The first-order chi connectivity index (χ1) is 10.4. The predicted octanol–water partition coefficient (Wildman–Crippen LogP) is 3.68. The third-order valence-electron chi connectivity index (χ3n) is 3.53. The second-order valence-corrected chi connectivity index (χ2v) is 5.13. The summed E-state index contributed by atoms with van der Waals surface area (Å²) in [6.07, 6.45) is -3.96. The second-order valence-electron chi connectivity index (χ2n) is 5.13. The predicted molar refractivity (Wildman–Crippen MR) is 77.6 cm³/mol. The van der Waals surface area contributed by atoms with Crippen molar-refractivity contribution in [2.24, 2.45) is 0 Å². The van der Waals surface area contributed by atoms with Crippen molar-refractivity contribution in [1.82, 2.24) is 0 Å². The molecule has 0 saturated heterocycles. The average Bonchev–Trinajstić information content (AvgIpc) is 2.47. The zero-order valence-electron chi connectivity index (χ0n) is 11.4. The molecule has 1 aliphatic rings. The summed E-state index contributed by atoms with van der Waals surface area (Å²) in [4.78, 5) is 12.1. The molecular formula is C16H13F3N2O. The molecule has 0 saturated carbocycles. The van der Waals surface area contributed by atoms with E-state index >= 15 is 0 Å². The van der Waals surface area contributed by atoms with E-state index in [1.807, 2.05) is 30.3 Å². The lowest BCUT2D eigenvalue weighted by Gasteiger charge is -2.27. The molecule has 0 aromatic heterocycles. The number of halogens is 3. The first kappa shape index (κ1) is 14.4. The van der Waals surface area contributed by atoms with Gasteiger partial charge in [-0.2, -0.15) is 13.2 Å². The number of nitrogens with one attached hydrogen (secondary N) is 2. The Bertz CT molecular complexity index is 698. The normalized spacial score (nSPS) is 17.4. The highest BCUT2D eigenvalue weighted by molar-refractivity contribution is 6.03. The molecule has 22 heavy (non-hydrogen) atoms. The third-order valence-corrected chi connectivity index (χ3v) is 3.53. The van der Waals surface area contributed by atoms with Gasteiger partial charge in [0.2, 0.25) is 5.91 Å². The first-order valence-electron chi connectivity index (χ1n) is 6.76. The minimum absolute atomic E-state index is 0.157. The number of rotatable bonds is 2. The molecule has 0 radical (unpaired) electrons. The Morgan fingerprint density at radius 2 is 1.73 bits per heavy atom. The number of carbonyl (C=O) groups is 1. The van der Waals surface area contributed by atoms with E-state index in [0.29, 0.717) is 12.1 Å². The van der Waals surface area contributed by atoms with Crippen LogP contribution in [0.2, 0.25) is 0 Å². The molecule has 1 heterocycles. The number of alkyl halides is 3. The van der Waals surface area contributed by atoms with Gasteiger partial charge in [-0.3, -0.25) is 4.79 Å². The van der Waals surface area contributed by atoms with Crippen LogP contribution in [0.25, 0.3) is 0 Å². The first-order valence-corrected chi connectivity index (χ1v) is 6.76. The minimum Gasteiger partial charge on any atom is -0.372 e. The molecule has 3 rings (SSSR count). The molecule has 2 aromatic rings. The SMILES string of the molecule is O=C1Nc2cc(C(F)(F)F)ccc2N[C@H]1Cc1ccccc1. The summed E-state index contributed by atoms with van der Waals surface area (Å²) in [5, 5.41) is 5.54. The van der Waals surface area contributed by atoms with Crippen LogP contribution in [0.1, 0.15) is 11.1 Å². The van der Waals surface area contributed by atoms with Gasteiger partial charge in [0.15, 0.2) is 0 Å². The number of hydrogen-bond donors (Lipinski definition) is 2. The van der Waals surface area contributed by atoms with Gasteiger partial charge in [-0.15, -0.1) is 0 Å². The summed E-state index contributed by atoms with van der Waals surface area (Å²) >= 11 is 0. The molecule has 6 heteroatoms. The highest BCUT2D eigenvalue weighted by atomic mass is 19.4. The van der Waals surface area contributed by atoms with Crippen molar-refractivity contribution < 1.29 is 18.0 Å². The molecule has 0 aliphatic carbocycles. The maximum absolute atomic E-state index is 12.7. The van der Waals surface area contributed by atoms with Crippen LogP contribution in [-0.4, -0.2) is 11.9 Å². The molecule has 1 atom stereocenters. The maximum atomic E-state index is 12.7. The van der Waals surface area contributed by atoms with Crippen LogP contribution in [-0.2, 0) is 17.4 Å². The molecule has 2 aromatic carbocycles. The number of carbonyl (C=O) groups excluding carboxylic acids is 1. The Kier molecular flexibility index (Phi) is 3.52. The van der Waals surface area contributed by atoms with Crippen LogP contribution in [0, 0.1) is 0 Å². The molecule has 0 bridgehead atoms. The quantitative estimate of drug-likeness (QED) is 0.888. The van der Waals surface area contributed by atoms with Crippen LogP contribution in [0.3, 0.4) is 0 Å². The van der Waals surface area contributed by atoms with Crippen LogP contribution in [0.4, 0.5) is 24.5 Å². The molecule has 114 valence electrons. The van der Waals surface area contributed by atoms with E-state index in [9.17, 15) is 18.0 Å². The number of benzene rings is 2. The van der Waals surface area contributed by atoms with Crippen LogP contribution >= 0.6 is 0 Å². The van der Waals surface area contributed by atoms with Crippen molar-refractivity contribution in [1.29, 1.82) is 0 Å². The van der Waals surface area contributed by atoms with Crippen LogP contribution in [0.15, 0.2) is 48.5 Å². The van der Waals surface area contributed by atoms with Crippen molar-refractivity contribution in [3.8, 4) is 0 Å². The number of fused-ring (bicyclic) bond motifs is 1. The maximum Gasteiger partial charge on any atom is 0.416 e. The second kappa shape index (κ2) is 5.36. The van der Waals surface area contributed by atoms with Gasteiger partial charge in [-0.05, 0) is 23.8 Å². The van der Waals surface area contributed by atoms with E-state index in [1.165, 1.54) is 6.07 Å². The molecule has 1 aliphatic heterocycles. The summed E-state index contributed by atoms with van der Waals surface area (Å²) < 4.78 is 38.1. The van der Waals surface area contributed by atoms with Crippen LogP contribution < -0.4 is 10.6 Å². The van der Waals surface area contributed by atoms with E-state index in [0.717, 1.165) is 17.7 Å². The standard InChI is InChI=1S/C16H13F3N2O/c17-16(18,19)11-6-7-12-13(9-11)21-15(22)14(20-12)8-10-4-2-1-3-5-10/h1-7,9,14,20H,8H2,(H,21,22)/t14-/m0/s1. The fourth-order valence-electron chi connectivity index (χ4n) is 2.42. The molecule has 1 amide bonds. The fraction of sp³-hybridized carbons (Fsp3) is 0.188. The lowest BCUT2D eigenvalue weighted by molar-refractivity contribution is -0.137. The number of amides is 1. The van der Waals surface area contributed by atoms with E-state index in [1.54, 1.807) is 0 Å². The monoisotopic (exact) mass is 306 g/mol. The Morgan fingerprint density at radius 3 is 2.41 bits per heavy atom. The van der Waals surface area contributed by atoms with Gasteiger partial charge >= 0.3 is 6.18 Å². The Hall–Kier alpha value is -2.50. The largest absolute Gasteiger partial charge is 0.416 e. The van der Waals surface area contributed by atoms with Gasteiger partial charge in [0.1, 0.15) is 6.04 Å². The lowest BCUT2D eigenvalue weighted by Crippen LogP contribution is -2.40. The van der Waals surface area contributed by atoms with Gasteiger partial charge in [0.25, 0.3) is 0 Å². The molecule has 3 nitrogen and oxygen atoms in total. The third kappa shape index (κ3) is 2.90. The van der Waals surface area contributed by atoms with Gasteiger partial charge in [-0.25, -0.2) is 0 Å². The van der Waals surface area contributed by atoms with Crippen molar-refractivity contribution in [3.63, 3.8) is 0 Å². The summed E-state index contributed by atoms with van der Waals surface area (Å²) in [5.74, 6) is -0.337. The molecule has 0 fully saturated rings. The topological polar surface area (TPSA) is 41.1 Å². The number of anilines is 2. The van der Waals surface area contributed by atoms with Gasteiger partial charge in [0, 0.05) is 6.42 Å². The Balaban J connectivity index is 1.82. The molecule has 2 N–H and O–H groups in total. The van der Waals surface area contributed by atoms with Gasteiger partial charge in [0.05, 0.1) is 16.9 Å². The zero-order valence-corrected chi connectivity index (χ0v) is 11.4. The van der Waals surface area contributed by atoms with Crippen molar-refractivity contribution >= 4 is 17.3 Å². The smallest absolute Gasteiger partial charge is 0.372 e. The van der Waals surface area contributed by atoms with Gasteiger partial charge < -0.3 is 10.6 Å². The Labute approximate surface area is 125 Å². The number of hydrogen-bond acceptors (Lipinski definition) is 2. The highest BCUT2D eigenvalue weighted by Crippen LogP contribution is 2.35. The van der Waals surface area contributed by atoms with Crippen molar-refractivity contribution in [2.45, 2.75) is 18.6 Å². The van der Waals surface area contributed by atoms with Crippen molar-refractivity contribution in [3.05, 3.63) is 59.7 Å². The summed E-state index contributed by atoms with van der Waals surface area (Å²) in [5.41, 5.74) is 0.845. The Morgan fingerprint density at radius 1 is 1.00 bits per heavy atom. The molecular weight excluding hydrogens is 293 g/mol. The lowest BCUT2D eigenvalue weighted by atomic mass is 10.0. The zero-order chi connectivity index (χ0) is 15.7. The van der Waals surface area contributed by atoms with Crippen LogP contribution in [0.5, 0.6) is 0 Å². The summed E-state index contributed by atoms with van der Waals surface area (Å²) in [7, 11) is 0. The molecule has 0 unspecified atom stereocenters. The van der Waals surface area contributed by atoms with Gasteiger partial charge in [-0.1, -0.05) is 30.3 Å². The summed E-state index contributed by atoms with van der Waals surface area (Å²) in [6.45, 7) is 0. The highest BCUT2D eigenvalue weighted by Gasteiger charge is 2.33. The van der Waals surface area contributed by atoms with E-state index in [-0.39, 0.29) is 11.6 Å². The minimum atomic E-state index is -4.43.